The summed E-state index contributed by atoms with van der Waals surface area (Å²) < 4.78 is 0. The molecular weight excluding hydrogens is 242 g/mol. The fourth-order valence-corrected chi connectivity index (χ4v) is 2.91. The summed E-state index contributed by atoms with van der Waals surface area (Å²) in [5.41, 5.74) is 1.74. The molecule has 0 saturated carbocycles. The van der Waals surface area contributed by atoms with Crippen molar-refractivity contribution in [2.45, 2.75) is 17.7 Å². The van der Waals surface area contributed by atoms with E-state index in [1.54, 1.807) is 11.8 Å². The standard InChI is InChI=1S/C14H19N3S/c1-18-14-4-2-3-13(12(14)9-15)17-8-6-11-5-7-16-10-11/h2-4,11,16-17H,5-8,10H2,1H3. The maximum absolute atomic E-state index is 9.23. The predicted octanol–water partition coefficient (Wildman–Crippen LogP) is 2.69. The minimum Gasteiger partial charge on any atom is -0.384 e. The number of nitrogens with one attached hydrogen (secondary N) is 2. The van der Waals surface area contributed by atoms with Gasteiger partial charge in [0.05, 0.1) is 11.3 Å². The van der Waals surface area contributed by atoms with Gasteiger partial charge in [0.25, 0.3) is 0 Å². The first kappa shape index (κ1) is 13.3. The molecule has 0 aromatic heterocycles. The average molecular weight is 261 g/mol. The molecule has 1 heterocycles. The number of benzene rings is 1. The molecule has 1 unspecified atom stereocenters. The lowest BCUT2D eigenvalue weighted by Crippen LogP contribution is -2.13. The van der Waals surface area contributed by atoms with Crippen LogP contribution in [-0.2, 0) is 0 Å². The molecule has 2 N–H and O–H groups in total. The highest BCUT2D eigenvalue weighted by atomic mass is 32.2. The van der Waals surface area contributed by atoms with Crippen LogP contribution in [0.4, 0.5) is 5.69 Å². The average Bonchev–Trinajstić information content (AvgIpc) is 2.91. The Morgan fingerprint density at radius 1 is 1.56 bits per heavy atom. The van der Waals surface area contributed by atoms with E-state index < -0.39 is 0 Å². The summed E-state index contributed by atoms with van der Waals surface area (Å²) in [4.78, 5) is 1.05. The zero-order valence-electron chi connectivity index (χ0n) is 10.7. The van der Waals surface area contributed by atoms with E-state index in [0.717, 1.165) is 41.7 Å². The normalized spacial score (nSPS) is 18.6. The van der Waals surface area contributed by atoms with Crippen molar-refractivity contribution >= 4 is 17.4 Å². The van der Waals surface area contributed by atoms with Gasteiger partial charge in [-0.15, -0.1) is 11.8 Å². The molecule has 3 nitrogen and oxygen atoms in total. The van der Waals surface area contributed by atoms with E-state index in [2.05, 4.69) is 16.7 Å². The van der Waals surface area contributed by atoms with Gasteiger partial charge in [0.1, 0.15) is 6.07 Å². The van der Waals surface area contributed by atoms with Gasteiger partial charge in [-0.05, 0) is 50.2 Å². The summed E-state index contributed by atoms with van der Waals surface area (Å²) >= 11 is 1.62. The number of thioether (sulfide) groups is 1. The number of nitriles is 1. The fraction of sp³-hybridized carbons (Fsp3) is 0.500. The molecule has 1 atom stereocenters. The van der Waals surface area contributed by atoms with E-state index in [4.69, 9.17) is 0 Å². The van der Waals surface area contributed by atoms with E-state index in [-0.39, 0.29) is 0 Å². The van der Waals surface area contributed by atoms with E-state index in [0.29, 0.717) is 0 Å². The zero-order valence-corrected chi connectivity index (χ0v) is 11.5. The van der Waals surface area contributed by atoms with E-state index in [1.165, 1.54) is 12.8 Å². The molecule has 0 bridgehead atoms. The van der Waals surface area contributed by atoms with Crippen LogP contribution in [0, 0.1) is 17.2 Å². The minimum atomic E-state index is 0.773. The van der Waals surface area contributed by atoms with Crippen molar-refractivity contribution in [3.63, 3.8) is 0 Å². The zero-order chi connectivity index (χ0) is 12.8. The highest BCUT2D eigenvalue weighted by molar-refractivity contribution is 7.98. The summed E-state index contributed by atoms with van der Waals surface area (Å²) in [5, 5.41) is 16.0. The van der Waals surface area contributed by atoms with Crippen LogP contribution < -0.4 is 10.6 Å². The quantitative estimate of drug-likeness (QED) is 0.800. The lowest BCUT2D eigenvalue weighted by molar-refractivity contribution is 0.549. The Hall–Kier alpha value is -1.18. The topological polar surface area (TPSA) is 47.8 Å². The van der Waals surface area contributed by atoms with Crippen molar-refractivity contribution < 1.29 is 0 Å². The molecule has 1 aliphatic rings. The van der Waals surface area contributed by atoms with Crippen LogP contribution in [0.25, 0.3) is 0 Å². The van der Waals surface area contributed by atoms with Crippen LogP contribution in [0.15, 0.2) is 23.1 Å². The SMILES string of the molecule is CSc1cccc(NCCC2CCNC2)c1C#N. The van der Waals surface area contributed by atoms with Crippen LogP contribution in [0.2, 0.25) is 0 Å². The molecule has 1 saturated heterocycles. The van der Waals surface area contributed by atoms with Gasteiger partial charge < -0.3 is 10.6 Å². The highest BCUT2D eigenvalue weighted by Gasteiger charge is 2.14. The maximum Gasteiger partial charge on any atom is 0.102 e. The second kappa shape index (κ2) is 6.67. The Labute approximate surface area is 113 Å². The van der Waals surface area contributed by atoms with Crippen LogP contribution in [0.3, 0.4) is 0 Å². The largest absolute Gasteiger partial charge is 0.384 e. The Kier molecular flexibility index (Phi) is 4.91. The molecule has 2 rings (SSSR count). The van der Waals surface area contributed by atoms with Crippen molar-refractivity contribution in [1.82, 2.24) is 5.32 Å². The van der Waals surface area contributed by atoms with Gasteiger partial charge in [-0.2, -0.15) is 5.26 Å². The van der Waals surface area contributed by atoms with Crippen LogP contribution in [0.1, 0.15) is 18.4 Å². The fourth-order valence-electron chi connectivity index (χ4n) is 2.34. The van der Waals surface area contributed by atoms with Gasteiger partial charge >= 0.3 is 0 Å². The molecule has 0 aliphatic carbocycles. The lowest BCUT2D eigenvalue weighted by atomic mass is 10.1. The second-order valence-corrected chi connectivity index (χ2v) is 5.42. The van der Waals surface area contributed by atoms with Crippen molar-refractivity contribution in [3.8, 4) is 6.07 Å². The summed E-state index contributed by atoms with van der Waals surface area (Å²) in [6.07, 6.45) is 4.45. The van der Waals surface area contributed by atoms with Crippen molar-refractivity contribution in [1.29, 1.82) is 5.26 Å². The highest BCUT2D eigenvalue weighted by Crippen LogP contribution is 2.26. The Morgan fingerprint density at radius 2 is 2.44 bits per heavy atom. The number of hydrogen-bond acceptors (Lipinski definition) is 4. The summed E-state index contributed by atoms with van der Waals surface area (Å²) in [6, 6.07) is 8.29. The molecule has 1 aromatic carbocycles. The van der Waals surface area contributed by atoms with Gasteiger partial charge in [-0.1, -0.05) is 6.07 Å². The Balaban J connectivity index is 1.94. The first-order valence-electron chi connectivity index (χ1n) is 6.37. The molecule has 1 aliphatic heterocycles. The van der Waals surface area contributed by atoms with Crippen molar-refractivity contribution in [2.24, 2.45) is 5.92 Å². The third-order valence-electron chi connectivity index (χ3n) is 3.39. The van der Waals surface area contributed by atoms with Gasteiger partial charge in [-0.25, -0.2) is 0 Å². The number of nitrogens with zero attached hydrogens (tertiary/aromatic N) is 1. The van der Waals surface area contributed by atoms with E-state index in [1.807, 2.05) is 24.5 Å². The molecule has 18 heavy (non-hydrogen) atoms. The van der Waals surface area contributed by atoms with E-state index in [9.17, 15) is 5.26 Å². The van der Waals surface area contributed by atoms with Gasteiger partial charge in [-0.3, -0.25) is 0 Å². The molecule has 0 radical (unpaired) electrons. The second-order valence-electron chi connectivity index (χ2n) is 4.57. The van der Waals surface area contributed by atoms with E-state index >= 15 is 0 Å². The molecular formula is C14H19N3S. The lowest BCUT2D eigenvalue weighted by Gasteiger charge is -2.12. The number of hydrogen-bond donors (Lipinski definition) is 2. The van der Waals surface area contributed by atoms with Crippen molar-refractivity contribution in [3.05, 3.63) is 23.8 Å². The third kappa shape index (κ3) is 3.18. The molecule has 1 aromatic rings. The molecule has 96 valence electrons. The molecule has 4 heteroatoms. The monoisotopic (exact) mass is 261 g/mol. The van der Waals surface area contributed by atoms with Crippen LogP contribution in [-0.4, -0.2) is 25.9 Å². The van der Waals surface area contributed by atoms with Gasteiger partial charge in [0.15, 0.2) is 0 Å². The minimum absolute atomic E-state index is 0.773. The third-order valence-corrected chi connectivity index (χ3v) is 4.17. The van der Waals surface area contributed by atoms with Gasteiger partial charge in [0.2, 0.25) is 0 Å². The Bertz CT molecular complexity index is 433. The molecule has 0 amide bonds. The predicted molar refractivity (Wildman–Crippen MR) is 77.0 cm³/mol. The number of rotatable bonds is 5. The molecule has 0 spiro atoms. The summed E-state index contributed by atoms with van der Waals surface area (Å²) in [5.74, 6) is 0.784. The van der Waals surface area contributed by atoms with Gasteiger partial charge in [0, 0.05) is 11.4 Å². The molecule has 1 fully saturated rings. The summed E-state index contributed by atoms with van der Waals surface area (Å²) in [7, 11) is 0. The maximum atomic E-state index is 9.23. The Morgan fingerprint density at radius 3 is 3.11 bits per heavy atom. The smallest absolute Gasteiger partial charge is 0.102 e. The van der Waals surface area contributed by atoms with Crippen LogP contribution in [0.5, 0.6) is 0 Å². The summed E-state index contributed by atoms with van der Waals surface area (Å²) in [6.45, 7) is 3.23. The van der Waals surface area contributed by atoms with Crippen molar-refractivity contribution in [2.75, 3.05) is 31.2 Å². The first-order chi connectivity index (χ1) is 8.85. The first-order valence-corrected chi connectivity index (χ1v) is 7.59. The van der Waals surface area contributed by atoms with Crippen LogP contribution >= 0.6 is 11.8 Å². The number of anilines is 1.